The van der Waals surface area contributed by atoms with Crippen LogP contribution in [-0.4, -0.2) is 20.2 Å². The fourth-order valence-electron chi connectivity index (χ4n) is 2.34. The molecule has 1 unspecified atom stereocenters. The Kier molecular flexibility index (Phi) is 5.78. The van der Waals surface area contributed by atoms with Gasteiger partial charge in [-0.2, -0.15) is 0 Å². The molecule has 2 aromatic carbocycles. The van der Waals surface area contributed by atoms with E-state index in [1.807, 2.05) is 25.2 Å². The number of benzene rings is 2. The lowest BCUT2D eigenvalue weighted by molar-refractivity contribution is 0.107. The van der Waals surface area contributed by atoms with Crippen LogP contribution >= 0.6 is 0 Å². The first-order valence-electron chi connectivity index (χ1n) is 7.12. The van der Waals surface area contributed by atoms with Crippen molar-refractivity contribution >= 4 is 0 Å². The SMILES string of the molecule is CNCC(COCc1ccccc1)c1cccc(C)c1. The molecule has 0 saturated heterocycles. The molecule has 0 amide bonds. The molecule has 0 fully saturated rings. The van der Waals surface area contributed by atoms with Gasteiger partial charge in [0.1, 0.15) is 0 Å². The van der Waals surface area contributed by atoms with Crippen LogP contribution < -0.4 is 5.32 Å². The molecule has 106 valence electrons. The largest absolute Gasteiger partial charge is 0.376 e. The van der Waals surface area contributed by atoms with E-state index in [9.17, 15) is 0 Å². The van der Waals surface area contributed by atoms with Gasteiger partial charge in [0.15, 0.2) is 0 Å². The summed E-state index contributed by atoms with van der Waals surface area (Å²) in [5, 5.41) is 3.25. The van der Waals surface area contributed by atoms with Gasteiger partial charge >= 0.3 is 0 Å². The summed E-state index contributed by atoms with van der Waals surface area (Å²) in [5.41, 5.74) is 3.86. The lowest BCUT2D eigenvalue weighted by Crippen LogP contribution is -2.21. The lowest BCUT2D eigenvalue weighted by Gasteiger charge is -2.18. The van der Waals surface area contributed by atoms with E-state index in [4.69, 9.17) is 4.74 Å². The van der Waals surface area contributed by atoms with Crippen LogP contribution in [0.5, 0.6) is 0 Å². The van der Waals surface area contributed by atoms with Gasteiger partial charge in [-0.05, 0) is 25.1 Å². The molecule has 1 N–H and O–H groups in total. The first kappa shape index (κ1) is 14.8. The van der Waals surface area contributed by atoms with Crippen molar-refractivity contribution in [3.63, 3.8) is 0 Å². The first-order valence-corrected chi connectivity index (χ1v) is 7.12. The average Bonchev–Trinajstić information content (AvgIpc) is 2.47. The maximum Gasteiger partial charge on any atom is 0.0717 e. The van der Waals surface area contributed by atoms with Crippen LogP contribution in [0, 0.1) is 6.92 Å². The Morgan fingerprint density at radius 2 is 1.85 bits per heavy atom. The third kappa shape index (κ3) is 4.48. The van der Waals surface area contributed by atoms with Crippen LogP contribution in [0.25, 0.3) is 0 Å². The number of ether oxygens (including phenoxy) is 1. The second-order valence-electron chi connectivity index (χ2n) is 5.17. The fourth-order valence-corrected chi connectivity index (χ4v) is 2.34. The smallest absolute Gasteiger partial charge is 0.0717 e. The summed E-state index contributed by atoms with van der Waals surface area (Å²) in [6, 6.07) is 19.0. The standard InChI is InChI=1S/C18H23NO/c1-15-7-6-10-17(11-15)18(12-19-2)14-20-13-16-8-4-3-5-9-16/h3-11,18-19H,12-14H2,1-2H3. The molecule has 0 saturated carbocycles. The van der Waals surface area contributed by atoms with Crippen LogP contribution in [0.3, 0.4) is 0 Å². The van der Waals surface area contributed by atoms with Crippen LogP contribution in [0.2, 0.25) is 0 Å². The number of nitrogens with one attached hydrogen (secondary N) is 1. The molecule has 0 heterocycles. The molecule has 0 aromatic heterocycles. The lowest BCUT2D eigenvalue weighted by atomic mass is 9.98. The number of likely N-dealkylation sites (N-methyl/N-ethyl adjacent to an activating group) is 1. The van der Waals surface area contributed by atoms with Crippen molar-refractivity contribution in [2.24, 2.45) is 0 Å². The molecular weight excluding hydrogens is 246 g/mol. The summed E-state index contributed by atoms with van der Waals surface area (Å²) < 4.78 is 5.89. The minimum Gasteiger partial charge on any atom is -0.376 e. The zero-order chi connectivity index (χ0) is 14.2. The second-order valence-corrected chi connectivity index (χ2v) is 5.17. The maximum absolute atomic E-state index is 5.89. The van der Waals surface area contributed by atoms with Gasteiger partial charge in [0.05, 0.1) is 13.2 Å². The summed E-state index contributed by atoms with van der Waals surface area (Å²) in [7, 11) is 1.99. The molecule has 0 bridgehead atoms. The highest BCUT2D eigenvalue weighted by molar-refractivity contribution is 5.26. The molecule has 0 aliphatic carbocycles. The van der Waals surface area contributed by atoms with Crippen molar-refractivity contribution in [3.05, 3.63) is 71.3 Å². The van der Waals surface area contributed by atoms with E-state index in [1.165, 1.54) is 16.7 Å². The highest BCUT2D eigenvalue weighted by Crippen LogP contribution is 2.17. The highest BCUT2D eigenvalue weighted by atomic mass is 16.5. The molecule has 0 aliphatic rings. The van der Waals surface area contributed by atoms with Crippen molar-refractivity contribution in [2.45, 2.75) is 19.4 Å². The first-order chi connectivity index (χ1) is 9.79. The minimum atomic E-state index is 0.392. The molecule has 2 heteroatoms. The molecule has 20 heavy (non-hydrogen) atoms. The van der Waals surface area contributed by atoms with E-state index in [0.29, 0.717) is 12.5 Å². The molecule has 2 rings (SSSR count). The summed E-state index contributed by atoms with van der Waals surface area (Å²) in [4.78, 5) is 0. The number of rotatable bonds is 7. The van der Waals surface area contributed by atoms with E-state index in [-0.39, 0.29) is 0 Å². The Bertz CT molecular complexity index is 510. The zero-order valence-electron chi connectivity index (χ0n) is 12.3. The molecule has 2 nitrogen and oxygen atoms in total. The molecule has 1 atom stereocenters. The maximum atomic E-state index is 5.89. The van der Waals surface area contributed by atoms with Crippen LogP contribution in [0.1, 0.15) is 22.6 Å². The Labute approximate surface area is 121 Å². The Balaban J connectivity index is 1.92. The monoisotopic (exact) mass is 269 g/mol. The average molecular weight is 269 g/mol. The van der Waals surface area contributed by atoms with Crippen molar-refractivity contribution in [1.29, 1.82) is 0 Å². The van der Waals surface area contributed by atoms with Crippen LogP contribution in [0.4, 0.5) is 0 Å². The summed E-state index contributed by atoms with van der Waals surface area (Å²) in [6.07, 6.45) is 0. The predicted octanol–water partition coefficient (Wildman–Crippen LogP) is 3.51. The van der Waals surface area contributed by atoms with Crippen LogP contribution in [-0.2, 0) is 11.3 Å². The summed E-state index contributed by atoms with van der Waals surface area (Å²) >= 11 is 0. The van der Waals surface area contributed by atoms with E-state index in [1.54, 1.807) is 0 Å². The molecule has 0 aliphatic heterocycles. The number of hydrogen-bond acceptors (Lipinski definition) is 2. The Hall–Kier alpha value is -1.64. The quantitative estimate of drug-likeness (QED) is 0.830. The number of hydrogen-bond donors (Lipinski definition) is 1. The summed E-state index contributed by atoms with van der Waals surface area (Å²) in [5.74, 6) is 0.392. The van der Waals surface area contributed by atoms with Gasteiger partial charge in [0.25, 0.3) is 0 Å². The van der Waals surface area contributed by atoms with Gasteiger partial charge < -0.3 is 10.1 Å². The van der Waals surface area contributed by atoms with Gasteiger partial charge in [-0.15, -0.1) is 0 Å². The third-order valence-electron chi connectivity index (χ3n) is 3.39. The second kappa shape index (κ2) is 7.83. The Morgan fingerprint density at radius 1 is 1.05 bits per heavy atom. The molecular formula is C18H23NO. The van der Waals surface area contributed by atoms with Crippen molar-refractivity contribution in [1.82, 2.24) is 5.32 Å². The van der Waals surface area contributed by atoms with Crippen molar-refractivity contribution < 1.29 is 4.74 Å². The van der Waals surface area contributed by atoms with E-state index in [2.05, 4.69) is 48.6 Å². The molecule has 0 spiro atoms. The molecule has 2 aromatic rings. The topological polar surface area (TPSA) is 21.3 Å². The zero-order valence-corrected chi connectivity index (χ0v) is 12.3. The van der Waals surface area contributed by atoms with Crippen LogP contribution in [0.15, 0.2) is 54.6 Å². The van der Waals surface area contributed by atoms with E-state index < -0.39 is 0 Å². The minimum absolute atomic E-state index is 0.392. The van der Waals surface area contributed by atoms with Gasteiger partial charge in [0.2, 0.25) is 0 Å². The van der Waals surface area contributed by atoms with E-state index in [0.717, 1.165) is 13.2 Å². The fraction of sp³-hybridized carbons (Fsp3) is 0.333. The highest BCUT2D eigenvalue weighted by Gasteiger charge is 2.11. The van der Waals surface area contributed by atoms with Crippen molar-refractivity contribution in [2.75, 3.05) is 20.2 Å². The summed E-state index contributed by atoms with van der Waals surface area (Å²) in [6.45, 7) is 4.47. The van der Waals surface area contributed by atoms with Gasteiger partial charge in [-0.1, -0.05) is 60.2 Å². The molecule has 0 radical (unpaired) electrons. The third-order valence-corrected chi connectivity index (χ3v) is 3.39. The van der Waals surface area contributed by atoms with E-state index >= 15 is 0 Å². The van der Waals surface area contributed by atoms with Gasteiger partial charge in [-0.25, -0.2) is 0 Å². The predicted molar refractivity (Wildman–Crippen MR) is 83.9 cm³/mol. The van der Waals surface area contributed by atoms with Crippen molar-refractivity contribution in [3.8, 4) is 0 Å². The van der Waals surface area contributed by atoms with Gasteiger partial charge in [0, 0.05) is 12.5 Å². The Morgan fingerprint density at radius 3 is 2.55 bits per heavy atom. The number of aryl methyl sites for hydroxylation is 1. The normalized spacial score (nSPS) is 12.3. The van der Waals surface area contributed by atoms with Gasteiger partial charge in [-0.3, -0.25) is 0 Å².